The number of hydrogen-bond acceptors (Lipinski definition) is 9. The van der Waals surface area contributed by atoms with Gasteiger partial charge >= 0.3 is 12.2 Å². The van der Waals surface area contributed by atoms with Crippen molar-refractivity contribution >= 4 is 34.1 Å². The van der Waals surface area contributed by atoms with E-state index < -0.39 is 46.6 Å². The van der Waals surface area contributed by atoms with Gasteiger partial charge in [-0.3, -0.25) is 4.90 Å². The Kier molecular flexibility index (Phi) is 6.80. The minimum absolute atomic E-state index is 0.0287. The van der Waals surface area contributed by atoms with Crippen molar-refractivity contribution in [3.05, 3.63) is 28.0 Å². The molecule has 0 spiro atoms. The van der Waals surface area contributed by atoms with Crippen LogP contribution in [0.3, 0.4) is 0 Å². The SMILES string of the molecule is Cc1cc(N)nc(-c2c(Cl)c3c4c(nc(OCC56CCCN5C[C@H](F)C6)nc4c2F)N2C[C@H]4CC[C@H](N4)[C@H]2[C@H](C)O3)c1C(F)(F)F. The van der Waals surface area contributed by atoms with Crippen LogP contribution >= 0.6 is 11.6 Å². The van der Waals surface area contributed by atoms with Crippen molar-refractivity contribution in [3.63, 3.8) is 0 Å². The molecular formula is C31H33ClF5N7O2. The van der Waals surface area contributed by atoms with Crippen LogP contribution in [0.15, 0.2) is 6.07 Å². The van der Waals surface area contributed by atoms with Gasteiger partial charge in [0.25, 0.3) is 0 Å². The van der Waals surface area contributed by atoms with Gasteiger partial charge in [-0.05, 0) is 57.7 Å². The Labute approximate surface area is 266 Å². The molecule has 8 rings (SSSR count). The number of alkyl halides is 4. The van der Waals surface area contributed by atoms with Crippen LogP contribution in [0.5, 0.6) is 11.8 Å². The molecule has 4 fully saturated rings. The van der Waals surface area contributed by atoms with E-state index >= 15 is 4.39 Å². The van der Waals surface area contributed by atoms with Crippen LogP contribution in [-0.4, -0.2) is 82.0 Å². The number of nitrogens with one attached hydrogen (secondary N) is 1. The fraction of sp³-hybridized carbons (Fsp3) is 0.581. The van der Waals surface area contributed by atoms with E-state index in [1.807, 2.05) is 6.92 Å². The fourth-order valence-corrected chi connectivity index (χ4v) is 8.93. The summed E-state index contributed by atoms with van der Waals surface area (Å²) in [6, 6.07) is 0.862. The van der Waals surface area contributed by atoms with E-state index in [0.717, 1.165) is 38.3 Å². The molecule has 0 radical (unpaired) electrons. The second-order valence-corrected chi connectivity index (χ2v) is 13.7. The lowest BCUT2D eigenvalue weighted by Crippen LogP contribution is -2.62. The largest absolute Gasteiger partial charge is 0.486 e. The molecule has 0 amide bonds. The number of anilines is 2. The average Bonchev–Trinajstić information content (AvgIpc) is 3.61. The van der Waals surface area contributed by atoms with Crippen LogP contribution in [0.4, 0.5) is 33.6 Å². The Bertz CT molecular complexity index is 1760. The van der Waals surface area contributed by atoms with E-state index in [1.54, 1.807) is 0 Å². The number of rotatable bonds is 4. The number of aromatic nitrogens is 3. The number of halogens is 6. The number of ether oxygens (including phenoxy) is 2. The molecule has 3 N–H and O–H groups in total. The lowest BCUT2D eigenvalue weighted by atomic mass is 9.95. The van der Waals surface area contributed by atoms with E-state index in [-0.39, 0.29) is 63.8 Å². The molecule has 1 aromatic carbocycles. The number of hydrogen-bond donors (Lipinski definition) is 2. The summed E-state index contributed by atoms with van der Waals surface area (Å²) in [6.07, 6.45) is -2.64. The first-order chi connectivity index (χ1) is 21.8. The molecule has 0 aliphatic carbocycles. The van der Waals surface area contributed by atoms with Gasteiger partial charge in [-0.25, -0.2) is 13.8 Å². The molecule has 7 heterocycles. The molecule has 5 aliphatic heterocycles. The highest BCUT2D eigenvalue weighted by Gasteiger charge is 2.50. The Morgan fingerprint density at radius 1 is 1.22 bits per heavy atom. The zero-order valence-electron chi connectivity index (χ0n) is 25.2. The maximum atomic E-state index is 17.0. The molecule has 5 aliphatic rings. The number of nitrogens with two attached hydrogens (primary N) is 1. The van der Waals surface area contributed by atoms with Gasteiger partial charge in [0.2, 0.25) is 0 Å². The molecule has 15 heteroatoms. The summed E-state index contributed by atoms with van der Waals surface area (Å²) in [6.45, 7) is 4.78. The van der Waals surface area contributed by atoms with Crippen molar-refractivity contribution in [2.75, 3.05) is 36.9 Å². The van der Waals surface area contributed by atoms with Gasteiger partial charge in [0, 0.05) is 31.6 Å². The number of pyridine rings is 1. The summed E-state index contributed by atoms with van der Waals surface area (Å²) >= 11 is 6.86. The Morgan fingerprint density at radius 3 is 2.80 bits per heavy atom. The molecule has 1 unspecified atom stereocenters. The molecule has 4 saturated heterocycles. The minimum atomic E-state index is -4.90. The van der Waals surface area contributed by atoms with Crippen molar-refractivity contribution in [3.8, 4) is 23.0 Å². The fourth-order valence-electron chi connectivity index (χ4n) is 8.61. The lowest BCUT2D eigenvalue weighted by molar-refractivity contribution is -0.137. The van der Waals surface area contributed by atoms with E-state index in [2.05, 4.69) is 25.1 Å². The third-order valence-electron chi connectivity index (χ3n) is 10.5. The van der Waals surface area contributed by atoms with Crippen molar-refractivity contribution in [2.45, 2.75) is 88.1 Å². The highest BCUT2D eigenvalue weighted by atomic mass is 35.5. The number of nitrogen functional groups attached to an aromatic ring is 1. The number of fused-ring (bicyclic) bond motifs is 6. The first-order valence-corrected chi connectivity index (χ1v) is 16.0. The topological polar surface area (TPSA) is 102 Å². The van der Waals surface area contributed by atoms with Gasteiger partial charge in [0.15, 0.2) is 11.6 Å². The number of aryl methyl sites for hydroxylation is 1. The quantitative estimate of drug-likeness (QED) is 0.353. The van der Waals surface area contributed by atoms with Gasteiger partial charge in [-0.1, -0.05) is 11.6 Å². The molecule has 3 aromatic rings. The standard InChI is InChI=1S/C31H33ClF5N7O2/c1-13-8-18(38)40-24(21(13)31(35,36)37)19-22(32)27-20-25(23(19)34)41-29(45-12-30-6-3-7-43(30)10-15(33)9-30)42-28(20)44-11-16-4-5-17(39-16)26(44)14(2)46-27/h8,14-17,26,39H,3-7,9-12H2,1-2H3,(H2,38,40)/t14-,15+,16+,17-,26+,30?/m0/s1. The zero-order valence-corrected chi connectivity index (χ0v) is 26.0. The van der Waals surface area contributed by atoms with E-state index in [9.17, 15) is 17.6 Å². The zero-order chi connectivity index (χ0) is 32.3. The predicted octanol–water partition coefficient (Wildman–Crippen LogP) is 5.44. The van der Waals surface area contributed by atoms with Crippen molar-refractivity contribution < 1.29 is 31.4 Å². The maximum absolute atomic E-state index is 17.0. The van der Waals surface area contributed by atoms with Crippen LogP contribution in [0.1, 0.15) is 50.2 Å². The molecule has 46 heavy (non-hydrogen) atoms. The summed E-state index contributed by atoms with van der Waals surface area (Å²) in [4.78, 5) is 17.3. The summed E-state index contributed by atoms with van der Waals surface area (Å²) in [5, 5.41) is 3.39. The van der Waals surface area contributed by atoms with Gasteiger partial charge < -0.3 is 25.4 Å². The molecule has 2 aromatic heterocycles. The maximum Gasteiger partial charge on any atom is 0.418 e. The van der Waals surface area contributed by atoms with Crippen molar-refractivity contribution in [1.82, 2.24) is 25.2 Å². The van der Waals surface area contributed by atoms with E-state index in [0.29, 0.717) is 25.3 Å². The monoisotopic (exact) mass is 665 g/mol. The van der Waals surface area contributed by atoms with Crippen LogP contribution in [0, 0.1) is 12.7 Å². The molecule has 6 atom stereocenters. The van der Waals surface area contributed by atoms with Gasteiger partial charge in [-0.2, -0.15) is 23.1 Å². The normalized spacial score (nSPS) is 30.3. The first kappa shape index (κ1) is 30.1. The third kappa shape index (κ3) is 4.50. The average molecular weight is 666 g/mol. The lowest BCUT2D eigenvalue weighted by Gasteiger charge is -2.43. The van der Waals surface area contributed by atoms with Crippen LogP contribution in [-0.2, 0) is 6.18 Å². The van der Waals surface area contributed by atoms with Crippen LogP contribution < -0.4 is 25.4 Å². The number of benzene rings is 1. The highest BCUT2D eigenvalue weighted by molar-refractivity contribution is 6.36. The van der Waals surface area contributed by atoms with Gasteiger partial charge in [0.1, 0.15) is 36.0 Å². The molecular weight excluding hydrogens is 633 g/mol. The number of piperazine rings is 1. The van der Waals surface area contributed by atoms with Crippen molar-refractivity contribution in [1.29, 1.82) is 0 Å². The van der Waals surface area contributed by atoms with Crippen LogP contribution in [0.25, 0.3) is 22.2 Å². The summed E-state index contributed by atoms with van der Waals surface area (Å²) < 4.78 is 87.4. The number of nitrogens with zero attached hydrogens (tertiary/aromatic N) is 5. The van der Waals surface area contributed by atoms with E-state index in [4.69, 9.17) is 31.8 Å². The summed E-state index contributed by atoms with van der Waals surface area (Å²) in [5.74, 6) is -1.05. The van der Waals surface area contributed by atoms with Crippen LogP contribution in [0.2, 0.25) is 5.02 Å². The Hall–Kier alpha value is -3.23. The molecule has 0 saturated carbocycles. The smallest absolute Gasteiger partial charge is 0.418 e. The third-order valence-corrected chi connectivity index (χ3v) is 10.8. The minimum Gasteiger partial charge on any atom is -0.486 e. The van der Waals surface area contributed by atoms with Gasteiger partial charge in [0.05, 0.1) is 38.8 Å². The highest BCUT2D eigenvalue weighted by Crippen LogP contribution is 2.52. The summed E-state index contributed by atoms with van der Waals surface area (Å²) in [5.41, 5.74) is 2.29. The Balaban J connectivity index is 1.35. The Morgan fingerprint density at radius 2 is 2.02 bits per heavy atom. The molecule has 9 nitrogen and oxygen atoms in total. The van der Waals surface area contributed by atoms with Crippen molar-refractivity contribution in [2.24, 2.45) is 0 Å². The first-order valence-electron chi connectivity index (χ1n) is 15.6. The second kappa shape index (κ2) is 10.4. The van der Waals surface area contributed by atoms with Gasteiger partial charge in [-0.15, -0.1) is 0 Å². The summed E-state index contributed by atoms with van der Waals surface area (Å²) in [7, 11) is 0. The van der Waals surface area contributed by atoms with E-state index in [1.165, 1.54) is 6.92 Å². The second-order valence-electron chi connectivity index (χ2n) is 13.3. The molecule has 246 valence electrons. The predicted molar refractivity (Wildman–Crippen MR) is 162 cm³/mol. The molecule has 2 bridgehead atoms.